The highest BCUT2D eigenvalue weighted by atomic mass is 32.2. The van der Waals surface area contributed by atoms with Gasteiger partial charge in [0, 0.05) is 39.6 Å². The molecule has 0 spiro atoms. The average molecular weight is 316 g/mol. The average Bonchev–Trinajstić information content (AvgIpc) is 2.47. The minimum atomic E-state index is -0.967. The smallest absolute Gasteiger partial charge is 0.255 e. The third-order valence-corrected chi connectivity index (χ3v) is 3.70. The molecule has 114 valence electrons. The Morgan fingerprint density at radius 1 is 1.09 bits per heavy atom. The molecule has 1 atom stereocenters. The van der Waals surface area contributed by atoms with Crippen LogP contribution in [0.5, 0.6) is 0 Å². The first-order valence-electron chi connectivity index (χ1n) is 6.56. The van der Waals surface area contributed by atoms with Crippen molar-refractivity contribution < 1.29 is 13.8 Å². The van der Waals surface area contributed by atoms with Crippen molar-refractivity contribution in [3.05, 3.63) is 65.2 Å². The minimum Gasteiger partial charge on any atom is -0.366 e. The topological polar surface area (TPSA) is 89.3 Å². The fraction of sp³-hybridized carbons (Fsp3) is 0.125. The van der Waals surface area contributed by atoms with Gasteiger partial charge in [0.1, 0.15) is 0 Å². The van der Waals surface area contributed by atoms with Crippen molar-refractivity contribution in [2.24, 2.45) is 5.73 Å². The van der Waals surface area contributed by atoms with E-state index in [1.54, 1.807) is 42.7 Å². The van der Waals surface area contributed by atoms with Crippen LogP contribution in [0.15, 0.2) is 48.5 Å². The summed E-state index contributed by atoms with van der Waals surface area (Å²) in [6, 6.07) is 13.4. The summed E-state index contributed by atoms with van der Waals surface area (Å²) in [5.74, 6) is -0.452. The number of hydrogen-bond acceptors (Lipinski definition) is 3. The molecule has 0 fully saturated rings. The Balaban J connectivity index is 2.17. The van der Waals surface area contributed by atoms with Gasteiger partial charge in [-0.05, 0) is 35.9 Å². The second-order valence-corrected chi connectivity index (χ2v) is 6.25. The van der Waals surface area contributed by atoms with Gasteiger partial charge in [-0.1, -0.05) is 18.2 Å². The zero-order valence-corrected chi connectivity index (χ0v) is 12.9. The van der Waals surface area contributed by atoms with Crippen molar-refractivity contribution in [1.82, 2.24) is 0 Å². The van der Waals surface area contributed by atoms with Crippen LogP contribution >= 0.6 is 0 Å². The zero-order valence-electron chi connectivity index (χ0n) is 12.0. The normalized spacial score (nSPS) is 11.7. The Kier molecular flexibility index (Phi) is 5.06. The lowest BCUT2D eigenvalue weighted by Gasteiger charge is -2.07. The molecule has 0 aliphatic carbocycles. The number of anilines is 1. The van der Waals surface area contributed by atoms with Crippen LogP contribution in [0.4, 0.5) is 5.69 Å². The Morgan fingerprint density at radius 2 is 1.77 bits per heavy atom. The highest BCUT2D eigenvalue weighted by Gasteiger charge is 2.09. The molecule has 2 aromatic carbocycles. The van der Waals surface area contributed by atoms with Gasteiger partial charge in [0.15, 0.2) is 0 Å². The third-order valence-electron chi connectivity index (χ3n) is 2.96. The third kappa shape index (κ3) is 4.26. The molecule has 2 aromatic rings. The molecular weight excluding hydrogens is 300 g/mol. The molecule has 0 saturated carbocycles. The second-order valence-electron chi connectivity index (χ2n) is 4.82. The summed E-state index contributed by atoms with van der Waals surface area (Å²) in [6.07, 6.45) is 1.61. The monoisotopic (exact) mass is 316 g/mol. The van der Waals surface area contributed by atoms with Gasteiger partial charge < -0.3 is 11.1 Å². The van der Waals surface area contributed by atoms with E-state index in [4.69, 9.17) is 5.73 Å². The molecule has 0 bridgehead atoms. The Bertz CT molecular complexity index is 744. The highest BCUT2D eigenvalue weighted by molar-refractivity contribution is 7.83. The van der Waals surface area contributed by atoms with Crippen LogP contribution in [0, 0.1) is 0 Å². The van der Waals surface area contributed by atoms with E-state index in [0.717, 1.165) is 5.56 Å². The van der Waals surface area contributed by atoms with E-state index in [1.807, 2.05) is 6.07 Å². The fourth-order valence-corrected chi connectivity index (χ4v) is 2.64. The first kappa shape index (κ1) is 15.9. The molecule has 0 heterocycles. The molecule has 0 radical (unpaired) electrons. The lowest BCUT2D eigenvalue weighted by atomic mass is 10.1. The maximum Gasteiger partial charge on any atom is 0.255 e. The van der Waals surface area contributed by atoms with Crippen molar-refractivity contribution in [1.29, 1.82) is 0 Å². The molecule has 0 aromatic heterocycles. The maximum absolute atomic E-state index is 12.2. The van der Waals surface area contributed by atoms with Crippen molar-refractivity contribution in [3.63, 3.8) is 0 Å². The maximum atomic E-state index is 12.2. The number of carbonyl (C=O) groups excluding carboxylic acids is 2. The highest BCUT2D eigenvalue weighted by Crippen LogP contribution is 2.13. The van der Waals surface area contributed by atoms with E-state index in [1.165, 1.54) is 6.07 Å². The standard InChI is InChI=1S/C16H16N2O3S/c1-22(21)10-11-4-2-6-13(8-11)16(20)18-14-7-3-5-12(9-14)15(17)19/h2-9H,10H2,1H3,(H2,17,19)(H,18,20)/t22-/m1/s1. The van der Waals surface area contributed by atoms with Crippen LogP contribution in [0.25, 0.3) is 0 Å². The number of rotatable bonds is 5. The molecule has 5 nitrogen and oxygen atoms in total. The van der Waals surface area contributed by atoms with Crippen LogP contribution < -0.4 is 11.1 Å². The summed E-state index contributed by atoms with van der Waals surface area (Å²) in [4.78, 5) is 23.4. The van der Waals surface area contributed by atoms with Crippen LogP contribution in [-0.2, 0) is 16.6 Å². The summed E-state index contributed by atoms with van der Waals surface area (Å²) in [7, 11) is -0.967. The molecule has 2 rings (SSSR count). The van der Waals surface area contributed by atoms with E-state index < -0.39 is 16.7 Å². The van der Waals surface area contributed by atoms with E-state index in [0.29, 0.717) is 22.6 Å². The molecule has 0 aliphatic rings. The van der Waals surface area contributed by atoms with Gasteiger partial charge in [-0.25, -0.2) is 0 Å². The lowest BCUT2D eigenvalue weighted by molar-refractivity contribution is 0.0996. The molecule has 2 amide bonds. The van der Waals surface area contributed by atoms with E-state index in [2.05, 4.69) is 5.32 Å². The minimum absolute atomic E-state index is 0.301. The molecular formula is C16H16N2O3S. The Hall–Kier alpha value is -2.47. The summed E-state index contributed by atoms with van der Waals surface area (Å²) >= 11 is 0. The summed E-state index contributed by atoms with van der Waals surface area (Å²) in [5.41, 5.74) is 7.33. The molecule has 0 saturated heterocycles. The fourth-order valence-electron chi connectivity index (χ4n) is 1.99. The van der Waals surface area contributed by atoms with E-state index in [9.17, 15) is 13.8 Å². The van der Waals surface area contributed by atoms with Crippen LogP contribution in [0.2, 0.25) is 0 Å². The first-order chi connectivity index (χ1) is 10.5. The predicted molar refractivity (Wildman–Crippen MR) is 87.1 cm³/mol. The van der Waals surface area contributed by atoms with Gasteiger partial charge in [0.25, 0.3) is 5.91 Å². The number of nitrogens with one attached hydrogen (secondary N) is 1. The number of carbonyl (C=O) groups is 2. The SMILES string of the molecule is C[S@@](=O)Cc1cccc(C(=O)Nc2cccc(C(N)=O)c2)c1. The number of benzene rings is 2. The Morgan fingerprint density at radius 3 is 2.45 bits per heavy atom. The summed E-state index contributed by atoms with van der Waals surface area (Å²) in [5, 5.41) is 2.71. The van der Waals surface area contributed by atoms with E-state index in [-0.39, 0.29) is 5.91 Å². The first-order valence-corrected chi connectivity index (χ1v) is 8.28. The van der Waals surface area contributed by atoms with Crippen LogP contribution in [0.3, 0.4) is 0 Å². The van der Waals surface area contributed by atoms with Crippen LogP contribution in [0.1, 0.15) is 26.3 Å². The number of nitrogens with two attached hydrogens (primary N) is 1. The zero-order chi connectivity index (χ0) is 16.1. The van der Waals surface area contributed by atoms with Crippen molar-refractivity contribution in [2.75, 3.05) is 11.6 Å². The molecule has 0 unspecified atom stereocenters. The molecule has 0 aliphatic heterocycles. The lowest BCUT2D eigenvalue weighted by Crippen LogP contribution is -2.14. The molecule has 22 heavy (non-hydrogen) atoms. The summed E-state index contributed by atoms with van der Waals surface area (Å²) in [6.45, 7) is 0. The van der Waals surface area contributed by atoms with Crippen molar-refractivity contribution >= 4 is 28.3 Å². The summed E-state index contributed by atoms with van der Waals surface area (Å²) < 4.78 is 11.3. The van der Waals surface area contributed by atoms with E-state index >= 15 is 0 Å². The molecule has 3 N–H and O–H groups in total. The quantitative estimate of drug-likeness (QED) is 0.883. The number of primary amides is 1. The number of hydrogen-bond donors (Lipinski definition) is 2. The van der Waals surface area contributed by atoms with Gasteiger partial charge in [0.05, 0.1) is 0 Å². The van der Waals surface area contributed by atoms with Gasteiger partial charge in [-0.15, -0.1) is 0 Å². The van der Waals surface area contributed by atoms with Gasteiger partial charge in [-0.3, -0.25) is 13.8 Å². The predicted octanol–water partition coefficient (Wildman–Crippen LogP) is 1.92. The van der Waals surface area contributed by atoms with Crippen molar-refractivity contribution in [2.45, 2.75) is 5.75 Å². The van der Waals surface area contributed by atoms with Gasteiger partial charge in [-0.2, -0.15) is 0 Å². The largest absolute Gasteiger partial charge is 0.366 e. The number of amides is 2. The Labute approximate surface area is 131 Å². The van der Waals surface area contributed by atoms with Crippen LogP contribution in [-0.4, -0.2) is 22.3 Å². The molecule has 6 heteroatoms. The second kappa shape index (κ2) is 7.00. The van der Waals surface area contributed by atoms with Gasteiger partial charge >= 0.3 is 0 Å². The van der Waals surface area contributed by atoms with Gasteiger partial charge in [0.2, 0.25) is 5.91 Å². The van der Waals surface area contributed by atoms with Crippen molar-refractivity contribution in [3.8, 4) is 0 Å².